The standard InChI is InChI=1S/C20H44N2S/c1-5-9-13-17-21(18-14-10-6-2)23-22(19-15-11-7-3)20-16-12-8-4/h5-20H2,1-4H3. The number of hydrogen-bond donors (Lipinski definition) is 0. The fraction of sp³-hybridized carbons (Fsp3) is 1.00. The van der Waals surface area contributed by atoms with Crippen molar-refractivity contribution < 1.29 is 0 Å². The second-order valence-corrected chi connectivity index (χ2v) is 7.96. The molecule has 2 nitrogen and oxygen atoms in total. The summed E-state index contributed by atoms with van der Waals surface area (Å²) in [6.45, 7) is 14.3. The molecule has 0 saturated carbocycles. The highest BCUT2D eigenvalue weighted by atomic mass is 32.2. The van der Waals surface area contributed by atoms with Crippen LogP contribution in [0.4, 0.5) is 0 Å². The minimum atomic E-state index is 1.26. The largest absolute Gasteiger partial charge is 0.237 e. The summed E-state index contributed by atoms with van der Waals surface area (Å²) in [6.07, 6.45) is 16.2. The minimum absolute atomic E-state index is 1.26. The third-order valence-corrected chi connectivity index (χ3v) is 5.47. The van der Waals surface area contributed by atoms with Crippen molar-refractivity contribution in [1.29, 1.82) is 0 Å². The van der Waals surface area contributed by atoms with E-state index in [9.17, 15) is 0 Å². The van der Waals surface area contributed by atoms with Gasteiger partial charge in [-0.2, -0.15) is 0 Å². The molecule has 0 aliphatic rings. The SMILES string of the molecule is CCCCCN(CCCCC)SN(CCCCC)CCCCC. The van der Waals surface area contributed by atoms with E-state index in [0.717, 1.165) is 0 Å². The Labute approximate surface area is 152 Å². The average Bonchev–Trinajstić information content (AvgIpc) is 2.55. The minimum Gasteiger partial charge on any atom is -0.237 e. The van der Waals surface area contributed by atoms with Crippen LogP contribution in [0.3, 0.4) is 0 Å². The summed E-state index contributed by atoms with van der Waals surface area (Å²) in [5.74, 6) is 0. The molecule has 0 aromatic carbocycles. The Morgan fingerprint density at radius 3 is 0.913 bits per heavy atom. The highest BCUT2D eigenvalue weighted by Gasteiger charge is 2.12. The summed E-state index contributed by atoms with van der Waals surface area (Å²) in [5.41, 5.74) is 0. The van der Waals surface area contributed by atoms with Gasteiger partial charge in [-0.05, 0) is 25.7 Å². The maximum atomic E-state index is 2.66. The van der Waals surface area contributed by atoms with Crippen molar-refractivity contribution in [3.63, 3.8) is 0 Å². The van der Waals surface area contributed by atoms with Gasteiger partial charge in [0.15, 0.2) is 0 Å². The number of hydrogen-bond acceptors (Lipinski definition) is 3. The van der Waals surface area contributed by atoms with E-state index in [2.05, 4.69) is 48.4 Å². The molecule has 0 spiro atoms. The summed E-state index contributed by atoms with van der Waals surface area (Å²) in [7, 11) is 0. The third kappa shape index (κ3) is 15.5. The van der Waals surface area contributed by atoms with Crippen LogP contribution in [0.25, 0.3) is 0 Å². The maximum Gasteiger partial charge on any atom is 0.0101 e. The first kappa shape index (κ1) is 23.3. The Bertz CT molecular complexity index is 182. The van der Waals surface area contributed by atoms with Gasteiger partial charge in [-0.1, -0.05) is 79.1 Å². The van der Waals surface area contributed by atoms with Crippen molar-refractivity contribution >= 4 is 12.1 Å². The van der Waals surface area contributed by atoms with Crippen molar-refractivity contribution in [2.45, 2.75) is 105 Å². The van der Waals surface area contributed by atoms with Gasteiger partial charge in [-0.25, -0.2) is 8.61 Å². The van der Waals surface area contributed by atoms with Gasteiger partial charge in [0.2, 0.25) is 0 Å². The molecule has 0 atom stereocenters. The molecular weight excluding hydrogens is 300 g/mol. The molecule has 0 fully saturated rings. The van der Waals surface area contributed by atoms with Crippen LogP contribution in [0.15, 0.2) is 0 Å². The Balaban J connectivity index is 4.31. The number of rotatable bonds is 18. The highest BCUT2D eigenvalue weighted by Crippen LogP contribution is 2.20. The lowest BCUT2D eigenvalue weighted by Gasteiger charge is -2.29. The van der Waals surface area contributed by atoms with Crippen LogP contribution in [0.1, 0.15) is 105 Å². The number of unbranched alkanes of at least 4 members (excludes halogenated alkanes) is 8. The number of nitrogens with zero attached hydrogens (tertiary/aromatic N) is 2. The van der Waals surface area contributed by atoms with Crippen LogP contribution in [0.5, 0.6) is 0 Å². The molecule has 0 heterocycles. The van der Waals surface area contributed by atoms with E-state index in [-0.39, 0.29) is 0 Å². The van der Waals surface area contributed by atoms with Gasteiger partial charge in [0.05, 0.1) is 0 Å². The van der Waals surface area contributed by atoms with E-state index in [0.29, 0.717) is 0 Å². The van der Waals surface area contributed by atoms with Crippen LogP contribution < -0.4 is 0 Å². The van der Waals surface area contributed by atoms with Crippen LogP contribution in [-0.2, 0) is 0 Å². The quantitative estimate of drug-likeness (QED) is 0.197. The molecular formula is C20H44N2S. The molecule has 0 N–H and O–H groups in total. The maximum absolute atomic E-state index is 2.66. The summed E-state index contributed by atoms with van der Waals surface area (Å²) < 4.78 is 5.31. The molecule has 0 rings (SSSR count). The van der Waals surface area contributed by atoms with Crippen molar-refractivity contribution in [2.24, 2.45) is 0 Å². The van der Waals surface area contributed by atoms with E-state index < -0.39 is 0 Å². The summed E-state index contributed by atoms with van der Waals surface area (Å²) in [5, 5.41) is 0. The van der Waals surface area contributed by atoms with Crippen molar-refractivity contribution in [1.82, 2.24) is 8.61 Å². The van der Waals surface area contributed by atoms with E-state index in [1.165, 1.54) is 103 Å². The molecule has 3 heteroatoms. The lowest BCUT2D eigenvalue weighted by Crippen LogP contribution is -2.28. The van der Waals surface area contributed by atoms with Crippen LogP contribution >= 0.6 is 12.1 Å². The second-order valence-electron chi connectivity index (χ2n) is 6.77. The Morgan fingerprint density at radius 2 is 0.696 bits per heavy atom. The zero-order chi connectivity index (χ0) is 17.2. The van der Waals surface area contributed by atoms with Gasteiger partial charge >= 0.3 is 0 Å². The fourth-order valence-corrected chi connectivity index (χ4v) is 3.87. The van der Waals surface area contributed by atoms with E-state index in [1.54, 1.807) is 0 Å². The molecule has 0 radical (unpaired) electrons. The molecule has 0 saturated heterocycles. The summed E-state index contributed by atoms with van der Waals surface area (Å²) in [6, 6.07) is 0. The first-order valence-corrected chi connectivity index (χ1v) is 11.2. The molecule has 0 bridgehead atoms. The molecule has 0 unspecified atom stereocenters. The van der Waals surface area contributed by atoms with Gasteiger partial charge in [-0.15, -0.1) is 0 Å². The van der Waals surface area contributed by atoms with Crippen molar-refractivity contribution in [3.05, 3.63) is 0 Å². The molecule has 140 valence electrons. The van der Waals surface area contributed by atoms with Gasteiger partial charge < -0.3 is 0 Å². The predicted molar refractivity (Wildman–Crippen MR) is 109 cm³/mol. The Morgan fingerprint density at radius 1 is 0.435 bits per heavy atom. The average molecular weight is 345 g/mol. The van der Waals surface area contributed by atoms with Gasteiger partial charge in [0, 0.05) is 38.3 Å². The molecule has 0 aliphatic carbocycles. The van der Waals surface area contributed by atoms with E-state index in [1.807, 2.05) is 0 Å². The predicted octanol–water partition coefficient (Wildman–Crippen LogP) is 6.91. The molecule has 0 aromatic heterocycles. The van der Waals surface area contributed by atoms with Crippen LogP contribution in [0.2, 0.25) is 0 Å². The zero-order valence-electron chi connectivity index (χ0n) is 16.6. The first-order valence-electron chi connectivity index (χ1n) is 10.5. The Hall–Kier alpha value is 0.270. The molecule has 23 heavy (non-hydrogen) atoms. The summed E-state index contributed by atoms with van der Waals surface area (Å²) in [4.78, 5) is 0. The van der Waals surface area contributed by atoms with Gasteiger partial charge in [-0.3, -0.25) is 0 Å². The third-order valence-electron chi connectivity index (χ3n) is 4.28. The first-order chi connectivity index (χ1) is 11.3. The van der Waals surface area contributed by atoms with E-state index >= 15 is 0 Å². The van der Waals surface area contributed by atoms with Crippen molar-refractivity contribution in [2.75, 3.05) is 26.2 Å². The second kappa shape index (κ2) is 18.6. The summed E-state index contributed by atoms with van der Waals surface area (Å²) >= 11 is 2.06. The molecule has 0 aromatic rings. The molecule has 0 amide bonds. The topological polar surface area (TPSA) is 6.48 Å². The molecule has 0 aliphatic heterocycles. The fourth-order valence-electron chi connectivity index (χ4n) is 2.70. The zero-order valence-corrected chi connectivity index (χ0v) is 17.4. The normalized spacial score (nSPS) is 11.7. The smallest absolute Gasteiger partial charge is 0.0101 e. The highest BCUT2D eigenvalue weighted by molar-refractivity contribution is 7.94. The lowest BCUT2D eigenvalue weighted by molar-refractivity contribution is 0.380. The Kier molecular flexibility index (Phi) is 18.8. The van der Waals surface area contributed by atoms with Crippen LogP contribution in [0, 0.1) is 0 Å². The van der Waals surface area contributed by atoms with Gasteiger partial charge in [0.1, 0.15) is 0 Å². The monoisotopic (exact) mass is 344 g/mol. The van der Waals surface area contributed by atoms with Gasteiger partial charge in [0.25, 0.3) is 0 Å². The van der Waals surface area contributed by atoms with Crippen LogP contribution in [-0.4, -0.2) is 34.8 Å². The van der Waals surface area contributed by atoms with Crippen molar-refractivity contribution in [3.8, 4) is 0 Å². The van der Waals surface area contributed by atoms with E-state index in [4.69, 9.17) is 0 Å². The lowest BCUT2D eigenvalue weighted by atomic mass is 10.2.